The predicted octanol–water partition coefficient (Wildman–Crippen LogP) is 4.74. The van der Waals surface area contributed by atoms with Crippen LogP contribution in [0.2, 0.25) is 0 Å². The molecule has 0 spiro atoms. The number of carboxylic acids is 1. The fourth-order valence-corrected chi connectivity index (χ4v) is 12.1. The first kappa shape index (κ1) is 33.5. The number of carbonyl (C=O) groups is 5. The van der Waals surface area contributed by atoms with Crippen molar-refractivity contribution in [2.45, 2.75) is 120 Å². The van der Waals surface area contributed by atoms with Gasteiger partial charge in [-0.3, -0.25) is 19.2 Å². The molecule has 48 heavy (non-hydrogen) atoms. The molecule has 9 nitrogen and oxygen atoms in total. The fourth-order valence-electron chi connectivity index (χ4n) is 10.5. The first-order chi connectivity index (χ1) is 22.8. The van der Waals surface area contributed by atoms with Crippen molar-refractivity contribution in [1.29, 1.82) is 0 Å². The molecule has 2 aliphatic heterocycles. The van der Waals surface area contributed by atoms with Crippen LogP contribution in [0.4, 0.5) is 0 Å². The van der Waals surface area contributed by atoms with E-state index in [0.29, 0.717) is 41.8 Å². The summed E-state index contributed by atoms with van der Waals surface area (Å²) in [6.45, 7) is 7.52. The van der Waals surface area contributed by atoms with Gasteiger partial charge in [0.1, 0.15) is 23.2 Å². The summed E-state index contributed by atoms with van der Waals surface area (Å²) >= 11 is 1.42. The van der Waals surface area contributed by atoms with E-state index in [-0.39, 0.29) is 47.5 Å². The van der Waals surface area contributed by atoms with Gasteiger partial charge in [0.2, 0.25) is 11.8 Å². The zero-order valence-corrected chi connectivity index (χ0v) is 29.2. The van der Waals surface area contributed by atoms with E-state index in [0.717, 1.165) is 56.1 Å². The van der Waals surface area contributed by atoms with Gasteiger partial charge in [-0.15, -0.1) is 11.8 Å². The van der Waals surface area contributed by atoms with Crippen molar-refractivity contribution in [3.63, 3.8) is 0 Å². The van der Waals surface area contributed by atoms with E-state index in [1.165, 1.54) is 22.2 Å². The highest BCUT2D eigenvalue weighted by atomic mass is 32.2. The maximum absolute atomic E-state index is 12.9. The first-order valence-electron chi connectivity index (χ1n) is 17.8. The van der Waals surface area contributed by atoms with Crippen LogP contribution in [0.3, 0.4) is 0 Å². The number of rotatable bonds is 9. The predicted molar refractivity (Wildman–Crippen MR) is 181 cm³/mol. The molecule has 0 bridgehead atoms. The lowest BCUT2D eigenvalue weighted by atomic mass is 9.54. The van der Waals surface area contributed by atoms with Crippen molar-refractivity contribution in [2.75, 3.05) is 0 Å². The van der Waals surface area contributed by atoms with Gasteiger partial charge in [0.05, 0.1) is 18.6 Å². The zero-order chi connectivity index (χ0) is 34.1. The number of Topliss-reactive ketones (excluding diaryl/α,β-unsaturated/α-hetero) is 1. The van der Waals surface area contributed by atoms with Crippen LogP contribution in [0.25, 0.3) is 0 Å². The Bertz CT molecular complexity index is 1540. The number of β-lactam (4-membered cyclic amide) rings is 1. The van der Waals surface area contributed by atoms with E-state index in [1.54, 1.807) is 6.92 Å². The van der Waals surface area contributed by atoms with Crippen LogP contribution in [0.15, 0.2) is 35.9 Å². The number of benzene rings is 1. The summed E-state index contributed by atoms with van der Waals surface area (Å²) in [4.78, 5) is 63.8. The van der Waals surface area contributed by atoms with Crippen LogP contribution < -0.4 is 5.32 Å². The Morgan fingerprint density at radius 3 is 2.46 bits per heavy atom. The van der Waals surface area contributed by atoms with Gasteiger partial charge < -0.3 is 20.1 Å². The molecule has 0 aromatic heterocycles. The van der Waals surface area contributed by atoms with Gasteiger partial charge in [-0.1, -0.05) is 29.8 Å². The van der Waals surface area contributed by atoms with E-state index >= 15 is 0 Å². The van der Waals surface area contributed by atoms with Gasteiger partial charge >= 0.3 is 5.97 Å². The van der Waals surface area contributed by atoms with E-state index < -0.39 is 22.8 Å². The van der Waals surface area contributed by atoms with E-state index in [2.05, 4.69) is 12.2 Å². The lowest BCUT2D eigenvalue weighted by Crippen LogP contribution is -2.70. The number of ether oxygens (including phenoxy) is 1. The maximum atomic E-state index is 12.9. The van der Waals surface area contributed by atoms with Crippen molar-refractivity contribution in [2.24, 2.45) is 35.5 Å². The summed E-state index contributed by atoms with van der Waals surface area (Å²) in [5.74, 6) is 1.38. The van der Waals surface area contributed by atoms with Gasteiger partial charge in [-0.05, 0) is 119 Å². The number of carbonyl (C=O) groups excluding carboxylic acids is 4. The van der Waals surface area contributed by atoms with Crippen LogP contribution in [-0.4, -0.2) is 73.8 Å². The number of nitrogens with zero attached hydrogens (tertiary/aromatic N) is 1. The van der Waals surface area contributed by atoms with Crippen molar-refractivity contribution in [3.8, 4) is 0 Å². The van der Waals surface area contributed by atoms with Crippen molar-refractivity contribution < 1.29 is 33.8 Å². The minimum atomic E-state index is -1.03. The molecule has 2 saturated heterocycles. The fraction of sp³-hybridized carbons (Fsp3) is 0.658. The topological polar surface area (TPSA) is 130 Å². The summed E-state index contributed by atoms with van der Waals surface area (Å²) in [6, 6.07) is 6.33. The van der Waals surface area contributed by atoms with E-state index in [9.17, 15) is 29.1 Å². The molecule has 0 radical (unpaired) electrons. The molecular weight excluding hydrogens is 628 g/mol. The van der Waals surface area contributed by atoms with Gasteiger partial charge in [0.25, 0.3) is 0 Å². The minimum absolute atomic E-state index is 0.0338. The van der Waals surface area contributed by atoms with Crippen LogP contribution in [-0.2, 0) is 41.6 Å². The summed E-state index contributed by atoms with van der Waals surface area (Å²) in [7, 11) is 0. The number of hydrogen-bond acceptors (Lipinski definition) is 7. The molecule has 4 aliphatic carbocycles. The third-order valence-corrected chi connectivity index (χ3v) is 14.0. The molecule has 3 saturated carbocycles. The highest BCUT2D eigenvalue weighted by Gasteiger charge is 2.64. The number of thioether (sulfide) groups is 1. The third kappa shape index (κ3) is 5.95. The molecule has 1 aromatic rings. The van der Waals surface area contributed by atoms with E-state index in [4.69, 9.17) is 4.74 Å². The number of hydrogen-bond donors (Lipinski definition) is 2. The lowest BCUT2D eigenvalue weighted by molar-refractivity contribution is -0.161. The Kier molecular flexibility index (Phi) is 8.88. The Hall–Kier alpha value is -2.98. The number of aliphatic carboxylic acids is 1. The van der Waals surface area contributed by atoms with Crippen LogP contribution >= 0.6 is 11.8 Å². The molecule has 2 amide bonds. The van der Waals surface area contributed by atoms with Gasteiger partial charge in [0.15, 0.2) is 5.78 Å². The number of nitrogens with one attached hydrogen (secondary N) is 1. The molecule has 11 unspecified atom stereocenters. The normalized spacial score (nSPS) is 36.9. The molecule has 1 aromatic carbocycles. The van der Waals surface area contributed by atoms with Crippen molar-refractivity contribution >= 4 is 41.1 Å². The quantitative estimate of drug-likeness (QED) is 0.359. The second kappa shape index (κ2) is 12.7. The van der Waals surface area contributed by atoms with Crippen LogP contribution in [0.5, 0.6) is 0 Å². The minimum Gasteiger partial charge on any atom is -0.480 e. The monoisotopic (exact) mass is 676 g/mol. The average Bonchev–Trinajstić information content (AvgIpc) is 3.57. The SMILES string of the molecule is CC(=O)C1CCC2C1CC(OC(C)Cc1ccc(CC(=O)NC3C(=O)N4C3SC(C)(C)C4C(=O)O)cc1)C1C3CCC(=O)C=C3CCC21. The second-order valence-corrected chi connectivity index (χ2v) is 17.6. The zero-order valence-electron chi connectivity index (χ0n) is 28.4. The molecule has 2 heterocycles. The second-order valence-electron chi connectivity index (χ2n) is 15.8. The van der Waals surface area contributed by atoms with Crippen LogP contribution in [0.1, 0.15) is 83.8 Å². The molecule has 5 fully saturated rings. The summed E-state index contributed by atoms with van der Waals surface area (Å²) in [5.41, 5.74) is 3.27. The smallest absolute Gasteiger partial charge is 0.327 e. The number of ketones is 2. The van der Waals surface area contributed by atoms with Crippen LogP contribution in [0, 0.1) is 35.5 Å². The number of carboxylic acid groups (broad SMARTS) is 1. The Morgan fingerprint density at radius 2 is 1.75 bits per heavy atom. The molecule has 6 aliphatic rings. The molecule has 11 atom stereocenters. The number of allylic oxidation sites excluding steroid dienone is 1. The molecule has 2 N–H and O–H groups in total. The Balaban J connectivity index is 0.972. The summed E-state index contributed by atoms with van der Waals surface area (Å²) < 4.78 is 6.32. The number of fused-ring (bicyclic) bond motifs is 6. The van der Waals surface area contributed by atoms with Gasteiger partial charge in [0, 0.05) is 17.1 Å². The highest BCUT2D eigenvalue weighted by Crippen LogP contribution is 2.59. The molecule has 258 valence electrons. The first-order valence-corrected chi connectivity index (χ1v) is 18.7. The Morgan fingerprint density at radius 1 is 1.02 bits per heavy atom. The summed E-state index contributed by atoms with van der Waals surface area (Å²) in [5, 5.41) is 12.1. The molecule has 7 rings (SSSR count). The maximum Gasteiger partial charge on any atom is 0.327 e. The van der Waals surface area contributed by atoms with Gasteiger partial charge in [-0.2, -0.15) is 0 Å². The number of amides is 2. The Labute approximate surface area is 287 Å². The molecule has 10 heteroatoms. The van der Waals surface area contributed by atoms with Crippen molar-refractivity contribution in [1.82, 2.24) is 10.2 Å². The van der Waals surface area contributed by atoms with E-state index in [1.807, 2.05) is 44.2 Å². The summed E-state index contributed by atoms with van der Waals surface area (Å²) in [6.07, 6.45) is 9.46. The third-order valence-electron chi connectivity index (χ3n) is 12.4. The lowest BCUT2D eigenvalue weighted by Gasteiger charge is -2.53. The average molecular weight is 677 g/mol. The molecular formula is C38H48N2O7S. The highest BCUT2D eigenvalue weighted by molar-refractivity contribution is 8.01. The van der Waals surface area contributed by atoms with Gasteiger partial charge in [-0.25, -0.2) is 4.79 Å². The van der Waals surface area contributed by atoms with Crippen molar-refractivity contribution in [3.05, 3.63) is 47.0 Å². The standard InChI is InChI=1S/C38H48N2O7S/c1-19(47-30-18-29-25(20(2)41)13-14-27(29)28-11-9-23-17-24(42)10-12-26(23)32(28)30)15-21-5-7-22(8-6-21)16-31(43)39-33-35(44)40-34(37(45)46)38(3,4)48-36(33)40/h5-8,17,19,25-30,32-34,36H,9-16,18H2,1-4H3,(H,39,43)(H,45,46). The largest absolute Gasteiger partial charge is 0.480 e.